The van der Waals surface area contributed by atoms with Gasteiger partial charge in [-0.25, -0.2) is 0 Å². The smallest absolute Gasteiger partial charge is 0.223 e. The number of rotatable bonds is 4. The van der Waals surface area contributed by atoms with Gasteiger partial charge >= 0.3 is 0 Å². The number of aliphatic hydroxyl groups is 1. The Kier molecular flexibility index (Phi) is 4.10. The molecule has 1 aliphatic carbocycles. The van der Waals surface area contributed by atoms with Crippen molar-refractivity contribution in [1.82, 2.24) is 15.5 Å². The van der Waals surface area contributed by atoms with Crippen LogP contribution in [0, 0.1) is 5.92 Å². The van der Waals surface area contributed by atoms with E-state index in [4.69, 9.17) is 11.5 Å². The van der Waals surface area contributed by atoms with Crippen LogP contribution in [0.1, 0.15) is 17.8 Å². The molecular weight excluding hydrogens is 254 g/mol. The molecule has 100 valence electrons. The molecule has 7 nitrogen and oxygen atoms in total. The Morgan fingerprint density at radius 1 is 1.50 bits per heavy atom. The first-order valence-corrected chi connectivity index (χ1v) is 6.67. The second-order valence-electron chi connectivity index (χ2n) is 4.47. The molecule has 1 aromatic rings. The Hall–Kier alpha value is -1.25. The average Bonchev–Trinajstić information content (AvgIpc) is 2.87. The quantitative estimate of drug-likeness (QED) is 0.549. The highest BCUT2D eigenvalue weighted by Gasteiger charge is 2.34. The Bertz CT molecular complexity index is 414. The van der Waals surface area contributed by atoms with Crippen LogP contribution in [0.3, 0.4) is 0 Å². The van der Waals surface area contributed by atoms with Gasteiger partial charge in [0.05, 0.1) is 6.10 Å². The molecule has 0 bridgehead atoms. The summed E-state index contributed by atoms with van der Waals surface area (Å²) in [4.78, 5) is 11.8. The van der Waals surface area contributed by atoms with Crippen LogP contribution >= 0.6 is 11.3 Å². The summed E-state index contributed by atoms with van der Waals surface area (Å²) in [5.74, 6) is -0.242. The highest BCUT2D eigenvalue weighted by Crippen LogP contribution is 2.24. The Morgan fingerprint density at radius 2 is 2.28 bits per heavy atom. The van der Waals surface area contributed by atoms with Crippen LogP contribution in [-0.4, -0.2) is 39.9 Å². The maximum Gasteiger partial charge on any atom is 0.223 e. The number of carbonyl (C=O) groups is 1. The average molecular weight is 271 g/mol. The van der Waals surface area contributed by atoms with E-state index in [9.17, 15) is 9.90 Å². The summed E-state index contributed by atoms with van der Waals surface area (Å²) in [7, 11) is 0. The van der Waals surface area contributed by atoms with Crippen molar-refractivity contribution >= 4 is 22.4 Å². The molecule has 1 amide bonds. The third-order valence-electron chi connectivity index (χ3n) is 3.07. The van der Waals surface area contributed by atoms with Gasteiger partial charge in [-0.3, -0.25) is 4.79 Å². The van der Waals surface area contributed by atoms with E-state index in [1.807, 2.05) is 0 Å². The van der Waals surface area contributed by atoms with Crippen LogP contribution in [0.5, 0.6) is 0 Å². The number of amides is 1. The van der Waals surface area contributed by atoms with Crippen molar-refractivity contribution in [2.24, 2.45) is 11.7 Å². The van der Waals surface area contributed by atoms with Crippen LogP contribution in [0.15, 0.2) is 0 Å². The number of aliphatic hydroxyl groups excluding tert-OH is 1. The molecule has 2 rings (SSSR count). The van der Waals surface area contributed by atoms with Crippen molar-refractivity contribution in [2.45, 2.75) is 31.4 Å². The van der Waals surface area contributed by atoms with Crippen molar-refractivity contribution in [3.05, 3.63) is 5.01 Å². The topological polar surface area (TPSA) is 127 Å². The molecule has 1 saturated carbocycles. The van der Waals surface area contributed by atoms with Crippen molar-refractivity contribution in [2.75, 3.05) is 12.3 Å². The minimum Gasteiger partial charge on any atom is -0.391 e. The Morgan fingerprint density at radius 3 is 2.83 bits per heavy atom. The molecule has 1 heterocycles. The number of carbonyl (C=O) groups excluding carboxylic acids is 1. The van der Waals surface area contributed by atoms with Gasteiger partial charge in [0.25, 0.3) is 0 Å². The summed E-state index contributed by atoms with van der Waals surface area (Å²) in [5, 5.41) is 21.1. The fourth-order valence-electron chi connectivity index (χ4n) is 2.07. The van der Waals surface area contributed by atoms with E-state index in [1.54, 1.807) is 0 Å². The second kappa shape index (κ2) is 5.59. The van der Waals surface area contributed by atoms with E-state index in [0.717, 1.165) is 5.01 Å². The molecule has 3 atom stereocenters. The van der Waals surface area contributed by atoms with Crippen LogP contribution in [0.4, 0.5) is 5.13 Å². The second-order valence-corrected chi connectivity index (χ2v) is 5.57. The van der Waals surface area contributed by atoms with E-state index in [0.29, 0.717) is 30.9 Å². The molecule has 18 heavy (non-hydrogen) atoms. The van der Waals surface area contributed by atoms with E-state index < -0.39 is 6.10 Å². The predicted octanol–water partition coefficient (Wildman–Crippen LogP) is -1.12. The summed E-state index contributed by atoms with van der Waals surface area (Å²) < 4.78 is 0. The number of hydrogen-bond donors (Lipinski definition) is 4. The lowest BCUT2D eigenvalue weighted by atomic mass is 10.1. The maximum absolute atomic E-state index is 11.8. The lowest BCUT2D eigenvalue weighted by Gasteiger charge is -2.09. The number of hydrogen-bond acceptors (Lipinski definition) is 7. The fraction of sp³-hybridized carbons (Fsp3) is 0.700. The molecule has 0 saturated heterocycles. The first-order chi connectivity index (χ1) is 8.56. The van der Waals surface area contributed by atoms with Crippen LogP contribution in [0.2, 0.25) is 0 Å². The zero-order chi connectivity index (χ0) is 13.1. The van der Waals surface area contributed by atoms with Crippen LogP contribution in [-0.2, 0) is 11.2 Å². The SMILES string of the molecule is Nc1nnc(CCNC(=O)[C@H]2C[C@H](N)[C@@H](O)C2)s1. The highest BCUT2D eigenvalue weighted by molar-refractivity contribution is 7.15. The van der Waals surface area contributed by atoms with Gasteiger partial charge in [0.2, 0.25) is 11.0 Å². The number of nitrogens with two attached hydrogens (primary N) is 2. The van der Waals surface area contributed by atoms with Gasteiger partial charge in [-0.2, -0.15) is 0 Å². The Balaban J connectivity index is 1.72. The van der Waals surface area contributed by atoms with Gasteiger partial charge in [-0.05, 0) is 12.8 Å². The Labute approximate surface area is 109 Å². The van der Waals surface area contributed by atoms with Crippen LogP contribution < -0.4 is 16.8 Å². The summed E-state index contributed by atoms with van der Waals surface area (Å²) in [5.41, 5.74) is 11.1. The number of aromatic nitrogens is 2. The van der Waals surface area contributed by atoms with E-state index in [-0.39, 0.29) is 17.9 Å². The van der Waals surface area contributed by atoms with Gasteiger partial charge in [0.15, 0.2) is 0 Å². The number of nitrogens with one attached hydrogen (secondary N) is 1. The first-order valence-electron chi connectivity index (χ1n) is 5.85. The molecule has 8 heteroatoms. The summed E-state index contributed by atoms with van der Waals surface area (Å²) in [6, 6.07) is -0.288. The number of anilines is 1. The van der Waals surface area contributed by atoms with Gasteiger partial charge < -0.3 is 21.9 Å². The molecule has 1 fully saturated rings. The van der Waals surface area contributed by atoms with Gasteiger partial charge in [-0.15, -0.1) is 10.2 Å². The van der Waals surface area contributed by atoms with E-state index >= 15 is 0 Å². The predicted molar refractivity (Wildman–Crippen MR) is 67.7 cm³/mol. The molecule has 1 aliphatic rings. The summed E-state index contributed by atoms with van der Waals surface area (Å²) in [6.07, 6.45) is 1.03. The minimum absolute atomic E-state index is 0.0560. The lowest BCUT2D eigenvalue weighted by molar-refractivity contribution is -0.125. The minimum atomic E-state index is -0.566. The zero-order valence-corrected chi connectivity index (χ0v) is 10.7. The van der Waals surface area contributed by atoms with Crippen molar-refractivity contribution in [3.8, 4) is 0 Å². The molecule has 0 aliphatic heterocycles. The molecular formula is C10H17N5O2S. The number of nitrogen functional groups attached to an aromatic ring is 1. The van der Waals surface area contributed by atoms with Crippen molar-refractivity contribution in [3.63, 3.8) is 0 Å². The molecule has 0 unspecified atom stereocenters. The largest absolute Gasteiger partial charge is 0.391 e. The van der Waals surface area contributed by atoms with Crippen molar-refractivity contribution < 1.29 is 9.90 Å². The zero-order valence-electron chi connectivity index (χ0n) is 9.87. The summed E-state index contributed by atoms with van der Waals surface area (Å²) in [6.45, 7) is 0.495. The van der Waals surface area contributed by atoms with Crippen LogP contribution in [0.25, 0.3) is 0 Å². The fourth-order valence-corrected chi connectivity index (χ4v) is 2.68. The number of nitrogens with zero attached hydrogens (tertiary/aromatic N) is 2. The standard InChI is InChI=1S/C10H17N5O2S/c11-6-3-5(4-7(6)16)9(17)13-2-1-8-14-15-10(12)18-8/h5-7,16H,1-4,11H2,(H2,12,15)(H,13,17)/t5-,6-,7-/m0/s1. The van der Waals surface area contributed by atoms with Gasteiger partial charge in [0, 0.05) is 24.9 Å². The molecule has 0 aromatic carbocycles. The highest BCUT2D eigenvalue weighted by atomic mass is 32.1. The third-order valence-corrected chi connectivity index (χ3v) is 3.88. The van der Waals surface area contributed by atoms with E-state index in [2.05, 4.69) is 15.5 Å². The van der Waals surface area contributed by atoms with E-state index in [1.165, 1.54) is 11.3 Å². The molecule has 0 spiro atoms. The van der Waals surface area contributed by atoms with Crippen molar-refractivity contribution in [1.29, 1.82) is 0 Å². The normalized spacial score (nSPS) is 27.3. The summed E-state index contributed by atoms with van der Waals surface area (Å²) >= 11 is 1.32. The molecule has 6 N–H and O–H groups in total. The third kappa shape index (κ3) is 3.15. The van der Waals surface area contributed by atoms with Gasteiger partial charge in [-0.1, -0.05) is 11.3 Å². The van der Waals surface area contributed by atoms with Gasteiger partial charge in [0.1, 0.15) is 5.01 Å². The molecule has 1 aromatic heterocycles. The molecule has 0 radical (unpaired) electrons. The maximum atomic E-state index is 11.8. The first kappa shape index (κ1) is 13.2. The monoisotopic (exact) mass is 271 g/mol. The lowest BCUT2D eigenvalue weighted by Crippen LogP contribution is -2.32.